The third kappa shape index (κ3) is 3.02. The highest BCUT2D eigenvalue weighted by molar-refractivity contribution is 7.18. The fourth-order valence-corrected chi connectivity index (χ4v) is 3.78. The van der Waals surface area contributed by atoms with Crippen LogP contribution in [-0.2, 0) is 17.8 Å². The van der Waals surface area contributed by atoms with Crippen LogP contribution in [0.2, 0.25) is 5.02 Å². The van der Waals surface area contributed by atoms with E-state index in [0.29, 0.717) is 32.4 Å². The number of aromatic nitrogens is 2. The van der Waals surface area contributed by atoms with Gasteiger partial charge in [-0.2, -0.15) is 0 Å². The van der Waals surface area contributed by atoms with Crippen LogP contribution in [0, 0.1) is 0 Å². The van der Waals surface area contributed by atoms with E-state index in [4.69, 9.17) is 21.1 Å². The Hall–Kier alpha value is -2.58. The van der Waals surface area contributed by atoms with Crippen molar-refractivity contribution < 1.29 is 14.3 Å². The van der Waals surface area contributed by atoms with Gasteiger partial charge in [0.1, 0.15) is 11.4 Å². The number of fused-ring (bicyclic) bond motifs is 2. The molecule has 134 valence electrons. The molecule has 26 heavy (non-hydrogen) atoms. The minimum absolute atomic E-state index is 0.116. The molecule has 2 aromatic heterocycles. The van der Waals surface area contributed by atoms with Crippen LogP contribution in [-0.4, -0.2) is 22.3 Å². The third-order valence-corrected chi connectivity index (χ3v) is 5.47. The lowest BCUT2D eigenvalue weighted by Crippen LogP contribution is -2.27. The van der Waals surface area contributed by atoms with E-state index in [1.165, 1.54) is 22.2 Å². The number of carbonyl (C=O) groups is 1. The van der Waals surface area contributed by atoms with E-state index >= 15 is 0 Å². The molecule has 0 atom stereocenters. The Morgan fingerprint density at radius 1 is 1.35 bits per heavy atom. The van der Waals surface area contributed by atoms with Gasteiger partial charge < -0.3 is 14.8 Å². The van der Waals surface area contributed by atoms with E-state index < -0.39 is 0 Å². The Bertz CT molecular complexity index is 1080. The van der Waals surface area contributed by atoms with Crippen molar-refractivity contribution in [2.24, 2.45) is 0 Å². The van der Waals surface area contributed by atoms with Crippen LogP contribution >= 0.6 is 22.9 Å². The smallest absolute Gasteiger partial charge is 0.262 e. The molecular weight excluding hydrogens is 378 g/mol. The molecule has 0 saturated carbocycles. The van der Waals surface area contributed by atoms with Crippen molar-refractivity contribution in [1.29, 1.82) is 0 Å². The summed E-state index contributed by atoms with van der Waals surface area (Å²) in [5.41, 5.74) is 0.157. The van der Waals surface area contributed by atoms with Gasteiger partial charge in [-0.15, -0.1) is 11.3 Å². The summed E-state index contributed by atoms with van der Waals surface area (Å²) in [5, 5.41) is 3.55. The molecule has 0 fully saturated rings. The first-order chi connectivity index (χ1) is 12.5. The average Bonchev–Trinajstić information content (AvgIpc) is 3.24. The number of benzene rings is 1. The van der Waals surface area contributed by atoms with Crippen molar-refractivity contribution >= 4 is 44.7 Å². The molecule has 4 rings (SSSR count). The van der Waals surface area contributed by atoms with Crippen LogP contribution in [0.5, 0.6) is 11.5 Å². The molecule has 0 spiro atoms. The molecular formula is C17H14ClN3O4S. The van der Waals surface area contributed by atoms with E-state index in [1.807, 2.05) is 13.0 Å². The maximum absolute atomic E-state index is 12.6. The summed E-state index contributed by atoms with van der Waals surface area (Å²) in [7, 11) is 0. The molecule has 0 radical (unpaired) electrons. The highest BCUT2D eigenvalue weighted by Gasteiger charge is 2.18. The number of hydrogen-bond donors (Lipinski definition) is 1. The molecule has 1 aliphatic heterocycles. The molecule has 1 aliphatic rings. The minimum atomic E-state index is -0.389. The summed E-state index contributed by atoms with van der Waals surface area (Å²) in [6, 6.07) is 5.01. The van der Waals surface area contributed by atoms with Crippen molar-refractivity contribution in [2.45, 2.75) is 19.9 Å². The van der Waals surface area contributed by atoms with Crippen molar-refractivity contribution in [1.82, 2.24) is 9.55 Å². The second-order valence-electron chi connectivity index (χ2n) is 5.70. The molecule has 0 bridgehead atoms. The second kappa shape index (κ2) is 6.62. The number of amides is 1. The fraction of sp³-hybridized carbons (Fsp3) is 0.235. The number of nitrogens with one attached hydrogen (secondary N) is 1. The largest absolute Gasteiger partial charge is 0.454 e. The van der Waals surface area contributed by atoms with Crippen molar-refractivity contribution in [2.75, 3.05) is 12.1 Å². The summed E-state index contributed by atoms with van der Waals surface area (Å²) in [6.07, 6.45) is 2.23. The lowest BCUT2D eigenvalue weighted by Gasteiger charge is -2.09. The Balaban J connectivity index is 1.56. The van der Waals surface area contributed by atoms with Gasteiger partial charge >= 0.3 is 0 Å². The third-order valence-electron chi connectivity index (χ3n) is 3.97. The first-order valence-electron chi connectivity index (χ1n) is 7.92. The maximum Gasteiger partial charge on any atom is 0.262 e. The van der Waals surface area contributed by atoms with E-state index in [-0.39, 0.29) is 24.8 Å². The Morgan fingerprint density at radius 3 is 2.88 bits per heavy atom. The fourth-order valence-electron chi connectivity index (χ4n) is 2.65. The summed E-state index contributed by atoms with van der Waals surface area (Å²) >= 11 is 7.64. The molecule has 0 aliphatic carbocycles. The van der Waals surface area contributed by atoms with E-state index in [9.17, 15) is 9.59 Å². The zero-order valence-corrected chi connectivity index (χ0v) is 15.3. The lowest BCUT2D eigenvalue weighted by atomic mass is 10.2. The van der Waals surface area contributed by atoms with Gasteiger partial charge in [-0.1, -0.05) is 18.5 Å². The second-order valence-corrected chi connectivity index (χ2v) is 7.22. The standard InChI is InChI=1S/C17H14ClN3O4S/c1-2-9-3-10-16(26-9)19-7-21(17(10)23)6-15(22)20-12-5-14-13(4-11(12)18)24-8-25-14/h3-5,7H,2,6,8H2,1H3,(H,20,22). The van der Waals surface area contributed by atoms with Crippen molar-refractivity contribution in [3.63, 3.8) is 0 Å². The number of hydrogen-bond acceptors (Lipinski definition) is 6. The normalized spacial score (nSPS) is 12.5. The molecule has 3 aromatic rings. The predicted molar refractivity (Wildman–Crippen MR) is 99.5 cm³/mol. The Labute approximate surface area is 157 Å². The molecule has 7 nitrogen and oxygen atoms in total. The first kappa shape index (κ1) is 16.9. The zero-order valence-electron chi connectivity index (χ0n) is 13.7. The number of halogens is 1. The molecule has 1 N–H and O–H groups in total. The molecule has 1 aromatic carbocycles. The number of ether oxygens (including phenoxy) is 2. The monoisotopic (exact) mass is 391 g/mol. The molecule has 0 saturated heterocycles. The molecule has 0 unspecified atom stereocenters. The molecule has 3 heterocycles. The number of nitrogens with zero attached hydrogens (tertiary/aromatic N) is 2. The Morgan fingerprint density at radius 2 is 2.12 bits per heavy atom. The first-order valence-corrected chi connectivity index (χ1v) is 9.11. The van der Waals surface area contributed by atoms with Gasteiger partial charge in [0, 0.05) is 17.0 Å². The Kier molecular flexibility index (Phi) is 4.29. The van der Waals surface area contributed by atoms with Gasteiger partial charge in [0.2, 0.25) is 12.7 Å². The van der Waals surface area contributed by atoms with Gasteiger partial charge in [-0.25, -0.2) is 4.98 Å². The minimum Gasteiger partial charge on any atom is -0.454 e. The topological polar surface area (TPSA) is 82.5 Å². The van der Waals surface area contributed by atoms with E-state index in [0.717, 1.165) is 11.3 Å². The summed E-state index contributed by atoms with van der Waals surface area (Å²) < 4.78 is 11.8. The SMILES string of the molecule is CCc1cc2c(=O)n(CC(=O)Nc3cc4c(cc3Cl)OCO4)cnc2s1. The predicted octanol–water partition coefficient (Wildman–Crippen LogP) is 3.04. The van der Waals surface area contributed by atoms with Crippen LogP contribution in [0.15, 0.2) is 29.3 Å². The molecule has 1 amide bonds. The summed E-state index contributed by atoms with van der Waals surface area (Å²) in [6.45, 7) is 1.97. The summed E-state index contributed by atoms with van der Waals surface area (Å²) in [4.78, 5) is 30.9. The number of carbonyl (C=O) groups excluding carboxylic acids is 1. The zero-order chi connectivity index (χ0) is 18.3. The number of anilines is 1. The van der Waals surface area contributed by atoms with Gasteiger partial charge in [-0.05, 0) is 12.5 Å². The van der Waals surface area contributed by atoms with Crippen molar-refractivity contribution in [3.8, 4) is 11.5 Å². The van der Waals surface area contributed by atoms with Gasteiger partial charge in [-0.3, -0.25) is 14.2 Å². The van der Waals surface area contributed by atoms with Crippen LogP contribution in [0.4, 0.5) is 5.69 Å². The van der Waals surface area contributed by atoms with Gasteiger partial charge in [0.05, 0.1) is 22.4 Å². The number of rotatable bonds is 4. The van der Waals surface area contributed by atoms with E-state index in [1.54, 1.807) is 12.1 Å². The van der Waals surface area contributed by atoms with Crippen LogP contribution in [0.3, 0.4) is 0 Å². The van der Waals surface area contributed by atoms with Gasteiger partial charge in [0.25, 0.3) is 5.56 Å². The van der Waals surface area contributed by atoms with Crippen LogP contribution in [0.1, 0.15) is 11.8 Å². The lowest BCUT2D eigenvalue weighted by molar-refractivity contribution is -0.116. The average molecular weight is 392 g/mol. The molecule has 9 heteroatoms. The summed E-state index contributed by atoms with van der Waals surface area (Å²) in [5.74, 6) is 0.651. The maximum atomic E-state index is 12.6. The van der Waals surface area contributed by atoms with E-state index in [2.05, 4.69) is 10.3 Å². The number of thiophene rings is 1. The highest BCUT2D eigenvalue weighted by atomic mass is 35.5. The van der Waals surface area contributed by atoms with Gasteiger partial charge in [0.15, 0.2) is 11.5 Å². The quantitative estimate of drug-likeness (QED) is 0.739. The number of aryl methyl sites for hydroxylation is 1. The van der Waals surface area contributed by atoms with Crippen molar-refractivity contribution in [3.05, 3.63) is 44.8 Å². The van der Waals surface area contributed by atoms with Crippen LogP contribution < -0.4 is 20.3 Å². The highest BCUT2D eigenvalue weighted by Crippen LogP contribution is 2.39. The van der Waals surface area contributed by atoms with Crippen LogP contribution in [0.25, 0.3) is 10.2 Å².